The van der Waals surface area contributed by atoms with Gasteiger partial charge < -0.3 is 10.2 Å². The van der Waals surface area contributed by atoms with Crippen molar-refractivity contribution in [3.05, 3.63) is 27.7 Å². The number of anilines is 1. The highest BCUT2D eigenvalue weighted by molar-refractivity contribution is 9.10. The molecular formula is C16H24BrClN2. The fourth-order valence-corrected chi connectivity index (χ4v) is 3.53. The summed E-state index contributed by atoms with van der Waals surface area (Å²) in [6, 6.07) is 7.19. The third-order valence-electron chi connectivity index (χ3n) is 3.94. The third kappa shape index (κ3) is 3.90. The molecule has 0 aromatic heterocycles. The van der Waals surface area contributed by atoms with Crippen molar-refractivity contribution in [2.24, 2.45) is 5.92 Å². The maximum absolute atomic E-state index is 6.42. The van der Waals surface area contributed by atoms with Crippen LogP contribution in [0.4, 0.5) is 5.69 Å². The summed E-state index contributed by atoms with van der Waals surface area (Å²) in [6.07, 6.45) is 2.34. The lowest BCUT2D eigenvalue weighted by Gasteiger charge is -2.42. The van der Waals surface area contributed by atoms with Crippen LogP contribution in [0.15, 0.2) is 22.7 Å². The van der Waals surface area contributed by atoms with Gasteiger partial charge in [-0.15, -0.1) is 0 Å². The van der Waals surface area contributed by atoms with Crippen molar-refractivity contribution >= 4 is 33.2 Å². The van der Waals surface area contributed by atoms with Crippen molar-refractivity contribution in [1.82, 2.24) is 5.32 Å². The van der Waals surface area contributed by atoms with Crippen LogP contribution in [0.3, 0.4) is 0 Å². The molecule has 1 aliphatic rings. The highest BCUT2D eigenvalue weighted by Crippen LogP contribution is 2.32. The molecule has 1 aromatic carbocycles. The summed E-state index contributed by atoms with van der Waals surface area (Å²) in [4.78, 5) is 2.48. The average Bonchev–Trinajstić information content (AvgIpc) is 2.41. The maximum atomic E-state index is 6.42. The predicted octanol–water partition coefficient (Wildman–Crippen LogP) is 4.71. The molecule has 1 aromatic rings. The fourth-order valence-electron chi connectivity index (χ4n) is 2.96. The normalized spacial score (nSPS) is 23.4. The Balaban J connectivity index is 2.22. The van der Waals surface area contributed by atoms with Gasteiger partial charge in [-0.1, -0.05) is 48.3 Å². The van der Waals surface area contributed by atoms with Gasteiger partial charge in [-0.05, 0) is 37.0 Å². The van der Waals surface area contributed by atoms with Crippen LogP contribution in [0.25, 0.3) is 0 Å². The molecule has 1 fully saturated rings. The number of rotatable bonds is 4. The highest BCUT2D eigenvalue weighted by atomic mass is 79.9. The molecule has 112 valence electrons. The lowest BCUT2D eigenvalue weighted by molar-refractivity contribution is 0.343. The lowest BCUT2D eigenvalue weighted by Crippen LogP contribution is -2.56. The van der Waals surface area contributed by atoms with Crippen molar-refractivity contribution < 1.29 is 0 Å². The van der Waals surface area contributed by atoms with E-state index in [4.69, 9.17) is 11.6 Å². The predicted molar refractivity (Wildman–Crippen MR) is 91.8 cm³/mol. The molecule has 1 heterocycles. The average molecular weight is 360 g/mol. The Bertz CT molecular complexity index is 450. The summed E-state index contributed by atoms with van der Waals surface area (Å²) in [5.74, 6) is 0.713. The van der Waals surface area contributed by atoms with Crippen LogP contribution in [0, 0.1) is 5.92 Å². The van der Waals surface area contributed by atoms with Crippen LogP contribution in [-0.2, 0) is 0 Å². The van der Waals surface area contributed by atoms with Crippen LogP contribution in [0.5, 0.6) is 0 Å². The van der Waals surface area contributed by atoms with E-state index in [0.29, 0.717) is 18.0 Å². The summed E-state index contributed by atoms with van der Waals surface area (Å²) in [5.41, 5.74) is 1.16. The molecule has 2 rings (SSSR count). The summed E-state index contributed by atoms with van der Waals surface area (Å²) in [7, 11) is 0. The van der Waals surface area contributed by atoms with Crippen molar-refractivity contribution in [3.63, 3.8) is 0 Å². The van der Waals surface area contributed by atoms with Crippen LogP contribution in [0.2, 0.25) is 5.02 Å². The maximum Gasteiger partial charge on any atom is 0.0640 e. The van der Waals surface area contributed by atoms with E-state index >= 15 is 0 Å². The Morgan fingerprint density at radius 2 is 2.20 bits per heavy atom. The first kappa shape index (κ1) is 16.1. The van der Waals surface area contributed by atoms with E-state index in [9.17, 15) is 0 Å². The number of hydrogen-bond acceptors (Lipinski definition) is 2. The molecule has 0 aliphatic carbocycles. The van der Waals surface area contributed by atoms with Crippen molar-refractivity contribution in [2.45, 2.75) is 45.7 Å². The van der Waals surface area contributed by atoms with Crippen molar-refractivity contribution in [2.75, 3.05) is 18.0 Å². The summed E-state index contributed by atoms with van der Waals surface area (Å²) in [6.45, 7) is 8.88. The molecule has 1 aliphatic heterocycles. The zero-order chi connectivity index (χ0) is 14.7. The minimum Gasteiger partial charge on any atom is -0.364 e. The number of nitrogens with one attached hydrogen (secondary N) is 1. The zero-order valence-electron chi connectivity index (χ0n) is 12.5. The molecule has 1 N–H and O–H groups in total. The molecule has 0 amide bonds. The van der Waals surface area contributed by atoms with E-state index in [1.807, 2.05) is 12.1 Å². The SMILES string of the molecule is CCC1CNC(CC(C)C)CN1c1cc(Br)ccc1Cl. The summed E-state index contributed by atoms with van der Waals surface area (Å²) < 4.78 is 1.09. The fraction of sp³-hybridized carbons (Fsp3) is 0.625. The Labute approximate surface area is 136 Å². The quantitative estimate of drug-likeness (QED) is 0.838. The first-order valence-electron chi connectivity index (χ1n) is 7.46. The van der Waals surface area contributed by atoms with Gasteiger partial charge in [0, 0.05) is 29.6 Å². The molecule has 20 heavy (non-hydrogen) atoms. The number of benzene rings is 1. The molecule has 2 atom stereocenters. The summed E-state index contributed by atoms with van der Waals surface area (Å²) in [5, 5.41) is 4.53. The van der Waals surface area contributed by atoms with Crippen LogP contribution in [-0.4, -0.2) is 25.2 Å². The van der Waals surface area contributed by atoms with Gasteiger partial charge in [0.05, 0.1) is 10.7 Å². The Kier molecular flexibility index (Phi) is 5.76. The number of hydrogen-bond donors (Lipinski definition) is 1. The van der Waals surface area contributed by atoms with E-state index in [2.05, 4.69) is 53.0 Å². The molecule has 2 unspecified atom stereocenters. The van der Waals surface area contributed by atoms with Crippen LogP contribution < -0.4 is 10.2 Å². The number of piperazine rings is 1. The Hall–Kier alpha value is -0.250. The van der Waals surface area contributed by atoms with Gasteiger partial charge >= 0.3 is 0 Å². The number of nitrogens with zero attached hydrogens (tertiary/aromatic N) is 1. The van der Waals surface area contributed by atoms with Gasteiger partial charge in [0.2, 0.25) is 0 Å². The van der Waals surface area contributed by atoms with E-state index in [-0.39, 0.29) is 0 Å². The van der Waals surface area contributed by atoms with Crippen molar-refractivity contribution in [1.29, 1.82) is 0 Å². The first-order chi connectivity index (χ1) is 9.51. The Morgan fingerprint density at radius 3 is 2.85 bits per heavy atom. The minimum atomic E-state index is 0.519. The topological polar surface area (TPSA) is 15.3 Å². The van der Waals surface area contributed by atoms with E-state index < -0.39 is 0 Å². The molecule has 2 nitrogen and oxygen atoms in total. The minimum absolute atomic E-state index is 0.519. The van der Waals surface area contributed by atoms with Gasteiger partial charge in [-0.25, -0.2) is 0 Å². The van der Waals surface area contributed by atoms with Gasteiger partial charge in [-0.3, -0.25) is 0 Å². The second kappa shape index (κ2) is 7.15. The molecule has 1 saturated heterocycles. The third-order valence-corrected chi connectivity index (χ3v) is 4.76. The first-order valence-corrected chi connectivity index (χ1v) is 8.63. The van der Waals surface area contributed by atoms with Crippen LogP contribution in [0.1, 0.15) is 33.6 Å². The highest BCUT2D eigenvalue weighted by Gasteiger charge is 2.28. The molecule has 4 heteroatoms. The van der Waals surface area contributed by atoms with Gasteiger partial charge in [0.15, 0.2) is 0 Å². The molecular weight excluding hydrogens is 336 g/mol. The molecule has 0 radical (unpaired) electrons. The zero-order valence-corrected chi connectivity index (χ0v) is 14.8. The summed E-state index contributed by atoms with van der Waals surface area (Å²) >= 11 is 9.98. The van der Waals surface area contributed by atoms with Gasteiger partial charge in [-0.2, -0.15) is 0 Å². The smallest absolute Gasteiger partial charge is 0.0640 e. The van der Waals surface area contributed by atoms with E-state index in [1.165, 1.54) is 6.42 Å². The van der Waals surface area contributed by atoms with E-state index in [0.717, 1.165) is 34.7 Å². The largest absolute Gasteiger partial charge is 0.364 e. The Morgan fingerprint density at radius 1 is 1.45 bits per heavy atom. The molecule has 0 spiro atoms. The lowest BCUT2D eigenvalue weighted by atomic mass is 9.98. The molecule has 0 bridgehead atoms. The van der Waals surface area contributed by atoms with Gasteiger partial charge in [0.1, 0.15) is 0 Å². The van der Waals surface area contributed by atoms with E-state index in [1.54, 1.807) is 0 Å². The monoisotopic (exact) mass is 358 g/mol. The van der Waals surface area contributed by atoms with Crippen LogP contribution >= 0.6 is 27.5 Å². The standard InChI is InChI=1S/C16H24BrClN2/c1-4-14-9-19-13(7-11(2)3)10-20(14)16-8-12(17)5-6-15(16)18/h5-6,8,11,13-14,19H,4,7,9-10H2,1-3H3. The van der Waals surface area contributed by atoms with Crippen molar-refractivity contribution in [3.8, 4) is 0 Å². The molecule has 0 saturated carbocycles. The number of halogens is 2. The second-order valence-corrected chi connectivity index (χ2v) is 7.37. The second-order valence-electron chi connectivity index (χ2n) is 6.04. The van der Waals surface area contributed by atoms with Gasteiger partial charge in [0.25, 0.3) is 0 Å².